The van der Waals surface area contributed by atoms with Crippen molar-refractivity contribution in [2.24, 2.45) is 5.92 Å². The molecule has 4 aliphatic heterocycles. The number of alkyl halides is 1. The van der Waals surface area contributed by atoms with Crippen LogP contribution in [0.5, 0.6) is 5.75 Å². The molecule has 4 atom stereocenters. The number of nitrogens with zero attached hydrogens (tertiary/aromatic N) is 8. The number of aromatic nitrogens is 4. The van der Waals surface area contributed by atoms with E-state index in [1.807, 2.05) is 72.0 Å². The second-order valence-electron chi connectivity index (χ2n) is 16.9. The molecule has 9 rings (SSSR count). The molecule has 0 spiro atoms. The van der Waals surface area contributed by atoms with Crippen LogP contribution in [0.15, 0.2) is 73.1 Å². The number of amides is 4. The van der Waals surface area contributed by atoms with E-state index in [-0.39, 0.29) is 48.8 Å². The number of aryl methyl sites for hydroxylation is 1. The van der Waals surface area contributed by atoms with Gasteiger partial charge in [-0.15, -0.1) is 10.2 Å². The Balaban J connectivity index is 0.773. The van der Waals surface area contributed by atoms with Crippen molar-refractivity contribution in [2.75, 3.05) is 67.9 Å². The van der Waals surface area contributed by atoms with Gasteiger partial charge in [-0.2, -0.15) is 0 Å². The quantitative estimate of drug-likeness (QED) is 0.177. The number of ether oxygens (including phenoxy) is 1. The molecule has 0 bridgehead atoms. The Kier molecular flexibility index (Phi) is 11.0. The fourth-order valence-corrected chi connectivity index (χ4v) is 9.43. The van der Waals surface area contributed by atoms with Gasteiger partial charge in [0.2, 0.25) is 5.91 Å². The monoisotopic (exact) mass is 830 g/mol. The van der Waals surface area contributed by atoms with Crippen LogP contribution in [0.2, 0.25) is 0 Å². The molecule has 4 N–H and O–H groups in total. The first-order valence-corrected chi connectivity index (χ1v) is 21.1. The van der Waals surface area contributed by atoms with Gasteiger partial charge in [0.15, 0.2) is 5.82 Å². The summed E-state index contributed by atoms with van der Waals surface area (Å²) >= 11 is 0. The Hall–Kier alpha value is -6.13. The molecule has 4 aliphatic rings. The number of morpholine rings is 1. The van der Waals surface area contributed by atoms with Crippen molar-refractivity contribution in [3.05, 3.63) is 89.7 Å². The Bertz CT molecular complexity index is 2450. The number of nitrogens with two attached hydrogens (primary N) is 1. The molecule has 4 saturated heterocycles. The first kappa shape index (κ1) is 40.3. The van der Waals surface area contributed by atoms with Crippen LogP contribution >= 0.6 is 0 Å². The Morgan fingerprint density at radius 1 is 0.984 bits per heavy atom. The summed E-state index contributed by atoms with van der Waals surface area (Å²) in [6.07, 6.45) is 4.74. The second kappa shape index (κ2) is 16.7. The summed E-state index contributed by atoms with van der Waals surface area (Å²) in [4.78, 5) is 50.2. The first-order valence-electron chi connectivity index (χ1n) is 21.1. The van der Waals surface area contributed by atoms with E-state index in [9.17, 15) is 19.5 Å². The molecular formula is C45H51FN10O5. The average Bonchev–Trinajstić information content (AvgIpc) is 3.58. The van der Waals surface area contributed by atoms with E-state index < -0.39 is 12.2 Å². The minimum absolute atomic E-state index is 0.00536. The lowest BCUT2D eigenvalue weighted by Crippen LogP contribution is -2.49. The molecular weight excluding hydrogens is 780 g/mol. The van der Waals surface area contributed by atoms with Crippen LogP contribution in [0.3, 0.4) is 0 Å². The number of benzene rings is 2. The van der Waals surface area contributed by atoms with E-state index in [2.05, 4.69) is 30.3 Å². The number of piperidine rings is 2. The lowest BCUT2D eigenvalue weighted by Gasteiger charge is -2.39. The molecule has 0 radical (unpaired) electrons. The molecule has 4 fully saturated rings. The van der Waals surface area contributed by atoms with E-state index in [1.165, 1.54) is 4.90 Å². The van der Waals surface area contributed by atoms with Gasteiger partial charge >= 0.3 is 6.03 Å². The molecule has 5 aromatic rings. The highest BCUT2D eigenvalue weighted by molar-refractivity contribution is 6.06. The number of aromatic hydroxyl groups is 1. The average molecular weight is 831 g/mol. The summed E-state index contributed by atoms with van der Waals surface area (Å²) in [6.45, 7) is 8.60. The van der Waals surface area contributed by atoms with Gasteiger partial charge in [-0.25, -0.2) is 14.2 Å². The van der Waals surface area contributed by atoms with Crippen LogP contribution in [0.25, 0.3) is 22.3 Å². The number of anilines is 3. The minimum Gasteiger partial charge on any atom is -0.507 e. The summed E-state index contributed by atoms with van der Waals surface area (Å²) < 4.78 is 24.3. The number of phenolic OH excluding ortho intramolecular Hbond substituents is 1. The number of para-hydroxylation sites is 1. The maximum atomic E-state index is 16.0. The van der Waals surface area contributed by atoms with Gasteiger partial charge in [0.05, 0.1) is 35.4 Å². The third kappa shape index (κ3) is 8.21. The van der Waals surface area contributed by atoms with Crippen LogP contribution in [0.4, 0.5) is 26.4 Å². The number of hydrogen-bond acceptors (Lipinski definition) is 11. The number of rotatable bonds is 8. The fraction of sp³-hybridized carbons (Fsp3) is 0.422. The molecule has 3 aromatic heterocycles. The van der Waals surface area contributed by atoms with Crippen molar-refractivity contribution in [3.63, 3.8) is 0 Å². The van der Waals surface area contributed by atoms with Gasteiger partial charge in [0.1, 0.15) is 23.7 Å². The SMILES string of the molecule is Cc1cn([C@@H]2CCN(CC3CCN(C(=O)c4ccc([C@@H]5CN(c6cc(-c7ccccc7O)nnc6N)C[C@H](C)O5)cc4)CC3)C[C@@H]2F)c2ncc(N3CCC(=O)NC3=O)cc12. The van der Waals surface area contributed by atoms with Gasteiger partial charge in [-0.1, -0.05) is 24.3 Å². The van der Waals surface area contributed by atoms with Crippen LogP contribution < -0.4 is 20.9 Å². The van der Waals surface area contributed by atoms with E-state index in [4.69, 9.17) is 10.5 Å². The molecule has 15 nitrogen and oxygen atoms in total. The number of phenols is 1. The second-order valence-corrected chi connectivity index (χ2v) is 16.9. The lowest BCUT2D eigenvalue weighted by molar-refractivity contribution is -0.120. The van der Waals surface area contributed by atoms with E-state index in [0.29, 0.717) is 79.0 Å². The number of fused-ring (bicyclic) bond motifs is 1. The maximum Gasteiger partial charge on any atom is 0.328 e. The number of urea groups is 1. The number of nitrogen functional groups attached to an aromatic ring is 1. The number of pyridine rings is 1. The Labute approximate surface area is 353 Å². The Morgan fingerprint density at radius 3 is 2.52 bits per heavy atom. The highest BCUT2D eigenvalue weighted by Crippen LogP contribution is 2.36. The summed E-state index contributed by atoms with van der Waals surface area (Å²) in [5.41, 5.74) is 12.0. The standard InChI is InChI=1S/C45H51FN10O5/c1-27-22-56(43-34(27)19-32(21-48-43)55-18-14-41(58)49-45(55)60)37-13-15-52(25-35(37)46)24-29-11-16-53(17-12-29)44(59)31-9-7-30(8-10-31)40-26-54(23-28(2)61-40)38-20-36(50-51-42(38)47)33-5-3-4-6-39(33)57/h3-10,19-22,28-29,35,37,40,57H,11-18,23-26H2,1-2H3,(H2,47,51)(H,49,58,60)/t28-,35-,37+,40-/m0/s1. The summed E-state index contributed by atoms with van der Waals surface area (Å²) in [7, 11) is 0. The van der Waals surface area contributed by atoms with Crippen molar-refractivity contribution in [1.82, 2.24) is 34.9 Å². The first-order chi connectivity index (χ1) is 29.5. The van der Waals surface area contributed by atoms with Crippen molar-refractivity contribution in [3.8, 4) is 17.0 Å². The summed E-state index contributed by atoms with van der Waals surface area (Å²) in [6, 6.07) is 17.6. The van der Waals surface area contributed by atoms with Crippen LogP contribution in [-0.2, 0) is 9.53 Å². The molecule has 7 heterocycles. The largest absolute Gasteiger partial charge is 0.507 e. The Morgan fingerprint density at radius 2 is 1.77 bits per heavy atom. The number of nitrogens with one attached hydrogen (secondary N) is 1. The van der Waals surface area contributed by atoms with Crippen molar-refractivity contribution < 1.29 is 28.6 Å². The molecule has 0 saturated carbocycles. The zero-order valence-corrected chi connectivity index (χ0v) is 34.4. The lowest BCUT2D eigenvalue weighted by atomic mass is 9.93. The topological polar surface area (TPSA) is 175 Å². The third-order valence-electron chi connectivity index (χ3n) is 12.7. The minimum atomic E-state index is -1.08. The highest BCUT2D eigenvalue weighted by atomic mass is 19.1. The maximum absolute atomic E-state index is 16.0. The number of carbonyl (C=O) groups is 3. The van der Waals surface area contributed by atoms with Crippen molar-refractivity contribution in [2.45, 2.75) is 64.0 Å². The number of halogens is 1. The molecule has 61 heavy (non-hydrogen) atoms. The number of imide groups is 1. The van der Waals surface area contributed by atoms with E-state index >= 15 is 4.39 Å². The molecule has 4 amide bonds. The van der Waals surface area contributed by atoms with Crippen molar-refractivity contribution in [1.29, 1.82) is 0 Å². The highest BCUT2D eigenvalue weighted by Gasteiger charge is 2.35. The van der Waals surface area contributed by atoms with Gasteiger partial charge in [0.25, 0.3) is 5.91 Å². The van der Waals surface area contributed by atoms with Crippen LogP contribution in [0.1, 0.15) is 66.2 Å². The molecule has 0 unspecified atom stereocenters. The predicted octanol–water partition coefficient (Wildman–Crippen LogP) is 5.64. The zero-order valence-electron chi connectivity index (χ0n) is 34.4. The third-order valence-corrected chi connectivity index (χ3v) is 12.7. The summed E-state index contributed by atoms with van der Waals surface area (Å²) in [5.74, 6) is 0.505. The molecule has 16 heteroatoms. The smallest absolute Gasteiger partial charge is 0.328 e. The van der Waals surface area contributed by atoms with Crippen LogP contribution in [0, 0.1) is 12.8 Å². The van der Waals surface area contributed by atoms with Crippen LogP contribution in [-0.4, -0.2) is 117 Å². The number of carbonyl (C=O) groups excluding carboxylic acids is 3. The van der Waals surface area contributed by atoms with Gasteiger partial charge in [-0.3, -0.25) is 19.8 Å². The normalized spacial score (nSPS) is 23.1. The van der Waals surface area contributed by atoms with Crippen molar-refractivity contribution >= 4 is 46.1 Å². The predicted molar refractivity (Wildman–Crippen MR) is 229 cm³/mol. The fourth-order valence-electron chi connectivity index (χ4n) is 9.43. The summed E-state index contributed by atoms with van der Waals surface area (Å²) in [5, 5.41) is 22.1. The zero-order chi connectivity index (χ0) is 42.4. The molecule has 2 aromatic carbocycles. The molecule has 0 aliphatic carbocycles. The van der Waals surface area contributed by atoms with E-state index in [0.717, 1.165) is 48.1 Å². The van der Waals surface area contributed by atoms with Gasteiger partial charge in [-0.05, 0) is 86.6 Å². The molecule has 318 valence electrons. The number of hydrogen-bond donors (Lipinski definition) is 3. The number of likely N-dealkylation sites (tertiary alicyclic amines) is 2. The van der Waals surface area contributed by atoms with Gasteiger partial charge < -0.3 is 34.8 Å². The van der Waals surface area contributed by atoms with E-state index in [1.54, 1.807) is 24.4 Å². The van der Waals surface area contributed by atoms with Gasteiger partial charge in [0, 0.05) is 81.5 Å².